The Morgan fingerprint density at radius 1 is 0.750 bits per heavy atom. The molecule has 1 atom stereocenters. The molecule has 0 N–H and O–H groups in total. The summed E-state index contributed by atoms with van der Waals surface area (Å²) in [6, 6.07) is 0. The molecule has 0 radical (unpaired) electrons. The summed E-state index contributed by atoms with van der Waals surface area (Å²) in [5.74, 6) is -1.29. The molecule has 0 fully saturated rings. The van der Waals surface area contributed by atoms with Crippen LogP contribution in [0.5, 0.6) is 0 Å². The average molecular weight is 395 g/mol. The van der Waals surface area contributed by atoms with Gasteiger partial charge in [0.25, 0.3) is 0 Å². The van der Waals surface area contributed by atoms with Gasteiger partial charge >= 0.3 is 17.9 Å². The fourth-order valence-electron chi connectivity index (χ4n) is 2.07. The zero-order valence-electron chi connectivity index (χ0n) is 17.4. The normalized spacial score (nSPS) is 12.5. The molecule has 0 aliphatic carbocycles. The molecule has 0 spiro atoms. The summed E-state index contributed by atoms with van der Waals surface area (Å²) in [5, 5.41) is 0. The summed E-state index contributed by atoms with van der Waals surface area (Å²) in [6.07, 6.45) is 15.5. The third-order valence-electron chi connectivity index (χ3n) is 3.47. The summed E-state index contributed by atoms with van der Waals surface area (Å²) in [5.41, 5.74) is 0. The first kappa shape index (κ1) is 25.6. The molecule has 0 aliphatic heterocycles. The number of carbonyl (C=O) groups excluding carboxylic acids is 3. The molecule has 0 bridgehead atoms. The molecule has 158 valence electrons. The molecule has 0 aromatic carbocycles. The quantitative estimate of drug-likeness (QED) is 0.232. The lowest BCUT2D eigenvalue weighted by Gasteiger charge is -2.17. The zero-order chi connectivity index (χ0) is 21.0. The Morgan fingerprint density at radius 2 is 1.29 bits per heavy atom. The van der Waals surface area contributed by atoms with Crippen LogP contribution >= 0.6 is 0 Å². The van der Waals surface area contributed by atoms with Crippen LogP contribution in [-0.4, -0.2) is 37.2 Å². The predicted octanol–water partition coefficient (Wildman–Crippen LogP) is 4.44. The molecule has 0 aromatic heterocycles. The van der Waals surface area contributed by atoms with E-state index in [4.69, 9.17) is 14.2 Å². The highest BCUT2D eigenvalue weighted by molar-refractivity contribution is 5.70. The van der Waals surface area contributed by atoms with Gasteiger partial charge in [-0.3, -0.25) is 14.4 Å². The van der Waals surface area contributed by atoms with Crippen molar-refractivity contribution in [3.05, 3.63) is 36.5 Å². The lowest BCUT2D eigenvalue weighted by molar-refractivity contribution is -0.166. The number of esters is 3. The molecule has 0 saturated carbocycles. The molecule has 0 aromatic rings. The number of ether oxygens (including phenoxy) is 3. The van der Waals surface area contributed by atoms with Gasteiger partial charge in [-0.2, -0.15) is 0 Å². The van der Waals surface area contributed by atoms with Crippen LogP contribution in [-0.2, 0) is 28.6 Å². The van der Waals surface area contributed by atoms with E-state index in [1.165, 1.54) is 6.92 Å². The predicted molar refractivity (Wildman–Crippen MR) is 109 cm³/mol. The number of allylic oxidation sites excluding steroid dienone is 6. The highest BCUT2D eigenvalue weighted by atomic mass is 16.6. The molecule has 0 aliphatic rings. The van der Waals surface area contributed by atoms with Gasteiger partial charge in [-0.1, -0.05) is 50.3 Å². The van der Waals surface area contributed by atoms with Gasteiger partial charge in [-0.25, -0.2) is 0 Å². The van der Waals surface area contributed by atoms with Gasteiger partial charge in [-0.15, -0.1) is 0 Å². The van der Waals surface area contributed by atoms with Crippen molar-refractivity contribution < 1.29 is 28.6 Å². The van der Waals surface area contributed by atoms with E-state index < -0.39 is 18.0 Å². The van der Waals surface area contributed by atoms with Crippen molar-refractivity contribution >= 4 is 17.9 Å². The van der Waals surface area contributed by atoms with Crippen LogP contribution in [0, 0.1) is 0 Å². The SMILES string of the molecule is CC/C=C\CC=CCCC(=O)OCC(COC(C)=O)OC(=O)CC/C=C\CC. The second-order valence-electron chi connectivity index (χ2n) is 6.14. The summed E-state index contributed by atoms with van der Waals surface area (Å²) >= 11 is 0. The van der Waals surface area contributed by atoms with Crippen LogP contribution in [0.3, 0.4) is 0 Å². The highest BCUT2D eigenvalue weighted by Crippen LogP contribution is 2.04. The van der Waals surface area contributed by atoms with Crippen molar-refractivity contribution in [1.82, 2.24) is 0 Å². The molecule has 6 nitrogen and oxygen atoms in total. The Kier molecular flexibility index (Phi) is 16.5. The standard InChI is InChI=1S/C22H34O6/c1-4-6-8-10-11-12-14-15-21(24)27-18-20(17-26-19(3)23)28-22(25)16-13-9-7-5-2/h6-9,11-12,20H,4-5,10,13-18H2,1-3H3/b8-6-,9-7-,12-11?. The van der Waals surface area contributed by atoms with Crippen molar-refractivity contribution in [2.45, 2.75) is 71.8 Å². The van der Waals surface area contributed by atoms with Crippen molar-refractivity contribution in [3.63, 3.8) is 0 Å². The minimum absolute atomic E-state index is 0.133. The van der Waals surface area contributed by atoms with Crippen molar-refractivity contribution in [1.29, 1.82) is 0 Å². The first-order valence-corrected chi connectivity index (χ1v) is 9.93. The van der Waals surface area contributed by atoms with Crippen LogP contribution < -0.4 is 0 Å². The first-order chi connectivity index (χ1) is 13.5. The number of rotatable bonds is 15. The van der Waals surface area contributed by atoms with Crippen molar-refractivity contribution in [3.8, 4) is 0 Å². The fourth-order valence-corrected chi connectivity index (χ4v) is 2.07. The van der Waals surface area contributed by atoms with Gasteiger partial charge in [-0.05, 0) is 32.1 Å². The zero-order valence-corrected chi connectivity index (χ0v) is 17.4. The van der Waals surface area contributed by atoms with Gasteiger partial charge < -0.3 is 14.2 Å². The van der Waals surface area contributed by atoms with Gasteiger partial charge in [0.2, 0.25) is 0 Å². The van der Waals surface area contributed by atoms with Crippen LogP contribution in [0.1, 0.15) is 65.7 Å². The van der Waals surface area contributed by atoms with E-state index in [-0.39, 0.29) is 32.0 Å². The summed E-state index contributed by atoms with van der Waals surface area (Å²) in [6.45, 7) is 5.08. The lowest BCUT2D eigenvalue weighted by atomic mass is 10.2. The summed E-state index contributed by atoms with van der Waals surface area (Å²) in [4.78, 5) is 34.7. The molecule has 0 saturated heterocycles. The number of carbonyl (C=O) groups is 3. The largest absolute Gasteiger partial charge is 0.462 e. The topological polar surface area (TPSA) is 78.9 Å². The van der Waals surface area contributed by atoms with E-state index >= 15 is 0 Å². The van der Waals surface area contributed by atoms with E-state index in [2.05, 4.69) is 19.1 Å². The van der Waals surface area contributed by atoms with Gasteiger partial charge in [0, 0.05) is 19.8 Å². The van der Waals surface area contributed by atoms with E-state index in [1.54, 1.807) is 0 Å². The maximum atomic E-state index is 11.9. The Morgan fingerprint density at radius 3 is 1.93 bits per heavy atom. The van der Waals surface area contributed by atoms with Crippen molar-refractivity contribution in [2.24, 2.45) is 0 Å². The molecule has 0 rings (SSSR count). The van der Waals surface area contributed by atoms with E-state index in [0.29, 0.717) is 12.8 Å². The Balaban J connectivity index is 4.26. The fraction of sp³-hybridized carbons (Fsp3) is 0.591. The molecule has 28 heavy (non-hydrogen) atoms. The van der Waals surface area contributed by atoms with Gasteiger partial charge in [0.15, 0.2) is 6.10 Å². The van der Waals surface area contributed by atoms with Gasteiger partial charge in [0.1, 0.15) is 13.2 Å². The van der Waals surface area contributed by atoms with E-state index in [0.717, 1.165) is 19.3 Å². The third-order valence-corrected chi connectivity index (χ3v) is 3.47. The van der Waals surface area contributed by atoms with Crippen LogP contribution in [0.15, 0.2) is 36.5 Å². The minimum atomic E-state index is -0.801. The minimum Gasteiger partial charge on any atom is -0.462 e. The molecule has 1 unspecified atom stereocenters. The van der Waals surface area contributed by atoms with E-state index in [9.17, 15) is 14.4 Å². The molecular formula is C22H34O6. The van der Waals surface area contributed by atoms with Crippen LogP contribution in [0.25, 0.3) is 0 Å². The Hall–Kier alpha value is -2.37. The molecule has 0 amide bonds. The van der Waals surface area contributed by atoms with Gasteiger partial charge in [0.05, 0.1) is 0 Å². The average Bonchev–Trinajstić information content (AvgIpc) is 2.66. The monoisotopic (exact) mass is 394 g/mol. The number of hydrogen-bond acceptors (Lipinski definition) is 6. The highest BCUT2D eigenvalue weighted by Gasteiger charge is 2.18. The van der Waals surface area contributed by atoms with Crippen molar-refractivity contribution in [2.75, 3.05) is 13.2 Å². The number of hydrogen-bond donors (Lipinski definition) is 0. The smallest absolute Gasteiger partial charge is 0.306 e. The lowest BCUT2D eigenvalue weighted by Crippen LogP contribution is -2.30. The maximum absolute atomic E-state index is 11.9. The second kappa shape index (κ2) is 18.0. The summed E-state index contributed by atoms with van der Waals surface area (Å²) in [7, 11) is 0. The van der Waals surface area contributed by atoms with E-state index in [1.807, 2.05) is 31.2 Å². The molecule has 0 heterocycles. The molecular weight excluding hydrogens is 360 g/mol. The molecule has 6 heteroatoms. The Labute approximate surface area is 168 Å². The summed E-state index contributed by atoms with van der Waals surface area (Å²) < 4.78 is 15.3. The van der Waals surface area contributed by atoms with Crippen LogP contribution in [0.2, 0.25) is 0 Å². The second-order valence-corrected chi connectivity index (χ2v) is 6.14. The first-order valence-electron chi connectivity index (χ1n) is 9.93. The third kappa shape index (κ3) is 17.1. The van der Waals surface area contributed by atoms with Crippen LogP contribution in [0.4, 0.5) is 0 Å². The maximum Gasteiger partial charge on any atom is 0.306 e. The Bertz CT molecular complexity index is 533.